The summed E-state index contributed by atoms with van der Waals surface area (Å²) in [5.41, 5.74) is 2.62. The largest absolute Gasteiger partial charge is 0.313 e. The van der Waals surface area contributed by atoms with Crippen LogP contribution in [0.4, 0.5) is 0 Å². The summed E-state index contributed by atoms with van der Waals surface area (Å²) in [5, 5.41) is 3.51. The third-order valence-electron chi connectivity index (χ3n) is 4.51. The van der Waals surface area contributed by atoms with E-state index in [4.69, 9.17) is 0 Å². The topological polar surface area (TPSA) is 24.9 Å². The van der Waals surface area contributed by atoms with E-state index in [1.807, 2.05) is 12.4 Å². The molecule has 100 valence electrons. The summed E-state index contributed by atoms with van der Waals surface area (Å²) in [6.45, 7) is 4.45. The van der Waals surface area contributed by atoms with E-state index in [1.165, 1.54) is 43.2 Å². The highest BCUT2D eigenvalue weighted by molar-refractivity contribution is 5.21. The van der Waals surface area contributed by atoms with Gasteiger partial charge in [0, 0.05) is 18.4 Å². The fourth-order valence-electron chi connectivity index (χ4n) is 3.35. The zero-order chi connectivity index (χ0) is 13.0. The number of pyridine rings is 1. The number of aryl methyl sites for hydroxylation is 1. The van der Waals surface area contributed by atoms with Crippen molar-refractivity contribution in [3.63, 3.8) is 0 Å². The first-order chi connectivity index (χ1) is 8.74. The molecule has 1 N–H and O–H groups in total. The maximum Gasteiger partial charge on any atom is 0.0361 e. The first-order valence-electron chi connectivity index (χ1n) is 7.33. The van der Waals surface area contributed by atoms with Crippen molar-refractivity contribution in [2.75, 3.05) is 7.05 Å². The molecule has 1 heterocycles. The molecule has 1 unspecified atom stereocenters. The predicted octanol–water partition coefficient (Wildman–Crippen LogP) is 3.87. The van der Waals surface area contributed by atoms with E-state index < -0.39 is 0 Å². The van der Waals surface area contributed by atoms with Crippen LogP contribution in [-0.4, -0.2) is 12.0 Å². The van der Waals surface area contributed by atoms with Crippen LogP contribution in [0.1, 0.15) is 56.2 Å². The van der Waals surface area contributed by atoms with Gasteiger partial charge in [0.25, 0.3) is 0 Å². The summed E-state index contributed by atoms with van der Waals surface area (Å²) in [7, 11) is 2.08. The molecule has 1 saturated carbocycles. The van der Waals surface area contributed by atoms with Gasteiger partial charge in [-0.2, -0.15) is 0 Å². The lowest BCUT2D eigenvalue weighted by Crippen LogP contribution is -2.28. The Morgan fingerprint density at radius 1 is 1.28 bits per heavy atom. The van der Waals surface area contributed by atoms with Crippen molar-refractivity contribution in [1.29, 1.82) is 0 Å². The van der Waals surface area contributed by atoms with Crippen LogP contribution < -0.4 is 5.32 Å². The standard InChI is InChI=1S/C16H26N2/c1-4-13-5-7-14(8-6-13)16(17-3)15-9-12(2)10-18-11-15/h9-11,13-14,16-17H,4-8H2,1-3H3. The van der Waals surface area contributed by atoms with Crippen LogP contribution in [0.15, 0.2) is 18.5 Å². The van der Waals surface area contributed by atoms with Gasteiger partial charge in [-0.25, -0.2) is 0 Å². The predicted molar refractivity (Wildman–Crippen MR) is 76.5 cm³/mol. The SMILES string of the molecule is CCC1CCC(C(NC)c2cncc(C)c2)CC1. The molecule has 0 aromatic carbocycles. The van der Waals surface area contributed by atoms with Gasteiger partial charge in [0.1, 0.15) is 0 Å². The lowest BCUT2D eigenvalue weighted by atomic mass is 9.76. The number of hydrogen-bond donors (Lipinski definition) is 1. The molecule has 2 rings (SSSR count). The molecular formula is C16H26N2. The van der Waals surface area contributed by atoms with Gasteiger partial charge < -0.3 is 5.32 Å². The third kappa shape index (κ3) is 3.11. The summed E-state index contributed by atoms with van der Waals surface area (Å²) >= 11 is 0. The second-order valence-corrected chi connectivity index (χ2v) is 5.75. The van der Waals surface area contributed by atoms with E-state index in [9.17, 15) is 0 Å². The average Bonchev–Trinajstić information content (AvgIpc) is 2.40. The van der Waals surface area contributed by atoms with Crippen LogP contribution in [-0.2, 0) is 0 Å². The minimum atomic E-state index is 0.482. The van der Waals surface area contributed by atoms with Gasteiger partial charge in [0.05, 0.1) is 0 Å². The van der Waals surface area contributed by atoms with E-state index in [-0.39, 0.29) is 0 Å². The van der Waals surface area contributed by atoms with E-state index in [1.54, 1.807) is 0 Å². The summed E-state index contributed by atoms with van der Waals surface area (Å²) in [5.74, 6) is 1.75. The molecule has 1 aliphatic carbocycles. The van der Waals surface area contributed by atoms with Crippen LogP contribution in [0.5, 0.6) is 0 Å². The Balaban J connectivity index is 2.05. The van der Waals surface area contributed by atoms with Gasteiger partial charge >= 0.3 is 0 Å². The molecule has 1 fully saturated rings. The quantitative estimate of drug-likeness (QED) is 0.872. The van der Waals surface area contributed by atoms with Gasteiger partial charge in [-0.15, -0.1) is 0 Å². The smallest absolute Gasteiger partial charge is 0.0361 e. The van der Waals surface area contributed by atoms with Crippen molar-refractivity contribution in [2.45, 2.75) is 52.0 Å². The molecule has 18 heavy (non-hydrogen) atoms. The highest BCUT2D eigenvalue weighted by Gasteiger charge is 2.27. The Hall–Kier alpha value is -0.890. The first kappa shape index (κ1) is 13.5. The number of nitrogens with one attached hydrogen (secondary N) is 1. The van der Waals surface area contributed by atoms with E-state index >= 15 is 0 Å². The molecular weight excluding hydrogens is 220 g/mol. The Morgan fingerprint density at radius 3 is 2.56 bits per heavy atom. The minimum absolute atomic E-state index is 0.482. The van der Waals surface area contributed by atoms with Gasteiger partial charge in [-0.3, -0.25) is 4.98 Å². The van der Waals surface area contributed by atoms with Crippen molar-refractivity contribution in [3.05, 3.63) is 29.6 Å². The third-order valence-corrected chi connectivity index (χ3v) is 4.51. The first-order valence-corrected chi connectivity index (χ1v) is 7.33. The molecule has 2 heteroatoms. The van der Waals surface area contributed by atoms with Crippen molar-refractivity contribution < 1.29 is 0 Å². The molecule has 2 nitrogen and oxygen atoms in total. The molecule has 1 aliphatic rings. The van der Waals surface area contributed by atoms with Gasteiger partial charge in [-0.05, 0) is 49.8 Å². The monoisotopic (exact) mass is 246 g/mol. The summed E-state index contributed by atoms with van der Waals surface area (Å²) < 4.78 is 0. The second kappa shape index (κ2) is 6.33. The van der Waals surface area contributed by atoms with Gasteiger partial charge in [0.15, 0.2) is 0 Å². The molecule has 1 aromatic rings. The fraction of sp³-hybridized carbons (Fsp3) is 0.688. The Labute approximate surface area is 111 Å². The molecule has 0 bridgehead atoms. The van der Waals surface area contributed by atoms with Crippen molar-refractivity contribution >= 4 is 0 Å². The Morgan fingerprint density at radius 2 is 2.00 bits per heavy atom. The summed E-state index contributed by atoms with van der Waals surface area (Å²) in [4.78, 5) is 4.34. The lowest BCUT2D eigenvalue weighted by molar-refractivity contribution is 0.224. The van der Waals surface area contributed by atoms with Gasteiger partial charge in [-0.1, -0.05) is 32.3 Å². The zero-order valence-electron chi connectivity index (χ0n) is 11.9. The van der Waals surface area contributed by atoms with E-state index in [0.717, 1.165) is 11.8 Å². The number of rotatable bonds is 4. The summed E-state index contributed by atoms with van der Waals surface area (Å²) in [6, 6.07) is 2.76. The van der Waals surface area contributed by atoms with Crippen LogP contribution in [0.3, 0.4) is 0 Å². The minimum Gasteiger partial charge on any atom is -0.313 e. The molecule has 0 radical (unpaired) electrons. The van der Waals surface area contributed by atoms with Crippen LogP contribution in [0.2, 0.25) is 0 Å². The summed E-state index contributed by atoms with van der Waals surface area (Å²) in [6.07, 6.45) is 10.8. The maximum atomic E-state index is 4.34. The Bertz CT molecular complexity index is 367. The lowest BCUT2D eigenvalue weighted by Gasteiger charge is -2.33. The molecule has 1 atom stereocenters. The number of nitrogens with zero attached hydrogens (tertiary/aromatic N) is 1. The normalized spacial score (nSPS) is 25.9. The van der Waals surface area contributed by atoms with Crippen LogP contribution in [0, 0.1) is 18.8 Å². The van der Waals surface area contributed by atoms with E-state index in [2.05, 4.69) is 37.3 Å². The van der Waals surface area contributed by atoms with Crippen molar-refractivity contribution in [1.82, 2.24) is 10.3 Å². The van der Waals surface area contributed by atoms with E-state index in [0.29, 0.717) is 6.04 Å². The molecule has 0 saturated heterocycles. The van der Waals surface area contributed by atoms with Gasteiger partial charge in [0.2, 0.25) is 0 Å². The van der Waals surface area contributed by atoms with Crippen molar-refractivity contribution in [2.24, 2.45) is 11.8 Å². The highest BCUT2D eigenvalue weighted by Crippen LogP contribution is 2.37. The average molecular weight is 246 g/mol. The second-order valence-electron chi connectivity index (χ2n) is 5.75. The Kier molecular flexibility index (Phi) is 4.76. The number of aromatic nitrogens is 1. The molecule has 0 aliphatic heterocycles. The molecule has 0 spiro atoms. The van der Waals surface area contributed by atoms with Crippen LogP contribution in [0.25, 0.3) is 0 Å². The molecule has 1 aromatic heterocycles. The fourth-order valence-corrected chi connectivity index (χ4v) is 3.35. The highest BCUT2D eigenvalue weighted by atomic mass is 14.9. The van der Waals surface area contributed by atoms with Crippen LogP contribution >= 0.6 is 0 Å². The van der Waals surface area contributed by atoms with Crippen molar-refractivity contribution in [3.8, 4) is 0 Å². The maximum absolute atomic E-state index is 4.34. The zero-order valence-corrected chi connectivity index (χ0v) is 11.9. The molecule has 0 amide bonds. The number of hydrogen-bond acceptors (Lipinski definition) is 2.